The predicted octanol–water partition coefficient (Wildman–Crippen LogP) is 3.02. The molecular formula is C16H19NO2S. The molecule has 1 atom stereocenters. The summed E-state index contributed by atoms with van der Waals surface area (Å²) in [5, 5.41) is 0. The third-order valence-corrected chi connectivity index (χ3v) is 4.56. The highest BCUT2D eigenvalue weighted by Crippen LogP contribution is 2.25. The molecule has 20 heavy (non-hydrogen) atoms. The van der Waals surface area contributed by atoms with Crippen LogP contribution in [0.3, 0.4) is 0 Å². The van der Waals surface area contributed by atoms with Gasteiger partial charge in [0.25, 0.3) is 0 Å². The first kappa shape index (κ1) is 14.6. The zero-order valence-electron chi connectivity index (χ0n) is 11.5. The molecule has 0 aliphatic rings. The SMILES string of the molecule is COc1cc(N)ccc1S(=O)CCCc1ccccc1. The lowest BCUT2D eigenvalue weighted by Gasteiger charge is -2.09. The van der Waals surface area contributed by atoms with Crippen molar-refractivity contribution >= 4 is 16.5 Å². The van der Waals surface area contributed by atoms with Crippen LogP contribution in [0.1, 0.15) is 12.0 Å². The lowest BCUT2D eigenvalue weighted by atomic mass is 10.1. The Balaban J connectivity index is 1.95. The van der Waals surface area contributed by atoms with Gasteiger partial charge in [0, 0.05) is 17.5 Å². The first-order valence-electron chi connectivity index (χ1n) is 6.56. The van der Waals surface area contributed by atoms with Crippen LogP contribution in [0.2, 0.25) is 0 Å². The average molecular weight is 289 g/mol. The van der Waals surface area contributed by atoms with Gasteiger partial charge in [0.05, 0.1) is 22.8 Å². The molecule has 0 amide bonds. The molecule has 2 aromatic rings. The number of hydrogen-bond donors (Lipinski definition) is 1. The van der Waals surface area contributed by atoms with E-state index in [2.05, 4.69) is 12.1 Å². The molecule has 0 bridgehead atoms. The predicted molar refractivity (Wildman–Crippen MR) is 83.4 cm³/mol. The van der Waals surface area contributed by atoms with Gasteiger partial charge in [0.1, 0.15) is 5.75 Å². The van der Waals surface area contributed by atoms with E-state index in [9.17, 15) is 4.21 Å². The van der Waals surface area contributed by atoms with E-state index in [1.54, 1.807) is 25.3 Å². The summed E-state index contributed by atoms with van der Waals surface area (Å²) in [6, 6.07) is 15.5. The van der Waals surface area contributed by atoms with Crippen LogP contribution >= 0.6 is 0 Å². The maximum atomic E-state index is 12.3. The molecule has 2 aromatic carbocycles. The van der Waals surface area contributed by atoms with E-state index >= 15 is 0 Å². The lowest BCUT2D eigenvalue weighted by molar-refractivity contribution is 0.404. The molecule has 3 nitrogen and oxygen atoms in total. The topological polar surface area (TPSA) is 52.3 Å². The van der Waals surface area contributed by atoms with Gasteiger partial charge in [-0.25, -0.2) is 0 Å². The standard InChI is InChI=1S/C16H19NO2S/c1-19-15-12-14(17)9-10-16(15)20(18)11-5-8-13-6-3-2-4-7-13/h2-4,6-7,9-10,12H,5,8,11,17H2,1H3. The van der Waals surface area contributed by atoms with Gasteiger partial charge in [-0.05, 0) is 30.5 Å². The number of nitrogens with two attached hydrogens (primary N) is 1. The van der Waals surface area contributed by atoms with Gasteiger partial charge >= 0.3 is 0 Å². The second-order valence-electron chi connectivity index (χ2n) is 4.55. The summed E-state index contributed by atoms with van der Waals surface area (Å²) in [6.45, 7) is 0. The molecule has 0 spiro atoms. The fourth-order valence-electron chi connectivity index (χ4n) is 2.03. The fourth-order valence-corrected chi connectivity index (χ4v) is 3.25. The van der Waals surface area contributed by atoms with Gasteiger partial charge in [0.2, 0.25) is 0 Å². The first-order chi connectivity index (χ1) is 9.70. The molecule has 0 aliphatic carbocycles. The van der Waals surface area contributed by atoms with Crippen molar-refractivity contribution in [3.63, 3.8) is 0 Å². The Morgan fingerprint density at radius 3 is 2.60 bits per heavy atom. The maximum absolute atomic E-state index is 12.3. The van der Waals surface area contributed by atoms with Crippen molar-refractivity contribution in [3.8, 4) is 5.75 Å². The number of hydrogen-bond acceptors (Lipinski definition) is 3. The lowest BCUT2D eigenvalue weighted by Crippen LogP contribution is -2.03. The Hall–Kier alpha value is -1.81. The van der Waals surface area contributed by atoms with Crippen molar-refractivity contribution in [2.24, 2.45) is 0 Å². The van der Waals surface area contributed by atoms with Gasteiger partial charge in [-0.2, -0.15) is 0 Å². The van der Waals surface area contributed by atoms with Crippen LogP contribution in [-0.4, -0.2) is 17.1 Å². The van der Waals surface area contributed by atoms with Crippen molar-refractivity contribution < 1.29 is 8.95 Å². The van der Waals surface area contributed by atoms with E-state index in [1.165, 1.54) is 5.56 Å². The van der Waals surface area contributed by atoms with Gasteiger partial charge in [-0.1, -0.05) is 30.3 Å². The minimum atomic E-state index is -1.06. The van der Waals surface area contributed by atoms with Gasteiger partial charge < -0.3 is 10.5 Å². The minimum Gasteiger partial charge on any atom is -0.495 e. The molecule has 2 rings (SSSR count). The number of rotatable bonds is 6. The van der Waals surface area contributed by atoms with Crippen LogP contribution in [-0.2, 0) is 17.2 Å². The van der Waals surface area contributed by atoms with Gasteiger partial charge in [0.15, 0.2) is 0 Å². The molecule has 0 saturated heterocycles. The summed E-state index contributed by atoms with van der Waals surface area (Å²) in [7, 11) is 0.512. The molecule has 2 N–H and O–H groups in total. The highest BCUT2D eigenvalue weighted by molar-refractivity contribution is 7.85. The quantitative estimate of drug-likeness (QED) is 0.832. The van der Waals surface area contributed by atoms with Gasteiger partial charge in [-0.15, -0.1) is 0 Å². The maximum Gasteiger partial charge on any atom is 0.137 e. The molecule has 0 heterocycles. The van der Waals surface area contributed by atoms with E-state index in [0.29, 0.717) is 17.2 Å². The number of aryl methyl sites for hydroxylation is 1. The zero-order chi connectivity index (χ0) is 14.4. The van der Waals surface area contributed by atoms with E-state index in [1.807, 2.05) is 18.2 Å². The van der Waals surface area contributed by atoms with Crippen LogP contribution in [0.15, 0.2) is 53.4 Å². The highest BCUT2D eigenvalue weighted by Gasteiger charge is 2.10. The Bertz CT molecular complexity index is 584. The number of methoxy groups -OCH3 is 1. The molecule has 0 aliphatic heterocycles. The Morgan fingerprint density at radius 2 is 1.90 bits per heavy atom. The van der Waals surface area contributed by atoms with Gasteiger partial charge in [-0.3, -0.25) is 4.21 Å². The second-order valence-corrected chi connectivity index (χ2v) is 6.09. The molecule has 106 valence electrons. The molecule has 0 saturated carbocycles. The summed E-state index contributed by atoms with van der Waals surface area (Å²) >= 11 is 0. The van der Waals surface area contributed by atoms with E-state index in [4.69, 9.17) is 10.5 Å². The number of ether oxygens (including phenoxy) is 1. The van der Waals surface area contributed by atoms with E-state index < -0.39 is 10.8 Å². The van der Waals surface area contributed by atoms with Crippen molar-refractivity contribution in [2.45, 2.75) is 17.7 Å². The van der Waals surface area contributed by atoms with Crippen LogP contribution in [0.25, 0.3) is 0 Å². The van der Waals surface area contributed by atoms with E-state index in [-0.39, 0.29) is 0 Å². The number of benzene rings is 2. The normalized spacial score (nSPS) is 12.1. The molecule has 0 aromatic heterocycles. The van der Waals surface area contributed by atoms with Crippen molar-refractivity contribution in [2.75, 3.05) is 18.6 Å². The monoisotopic (exact) mass is 289 g/mol. The molecular weight excluding hydrogens is 270 g/mol. The van der Waals surface area contributed by atoms with Crippen molar-refractivity contribution in [1.29, 1.82) is 0 Å². The summed E-state index contributed by atoms with van der Waals surface area (Å²) in [4.78, 5) is 0.717. The van der Waals surface area contributed by atoms with Crippen LogP contribution in [0.5, 0.6) is 5.75 Å². The third-order valence-electron chi connectivity index (χ3n) is 3.07. The number of nitrogen functional groups attached to an aromatic ring is 1. The first-order valence-corrected chi connectivity index (χ1v) is 7.88. The summed E-state index contributed by atoms with van der Waals surface area (Å²) < 4.78 is 17.6. The Labute approximate surface area is 122 Å². The van der Waals surface area contributed by atoms with Crippen LogP contribution in [0.4, 0.5) is 5.69 Å². The van der Waals surface area contributed by atoms with Crippen LogP contribution < -0.4 is 10.5 Å². The zero-order valence-corrected chi connectivity index (χ0v) is 12.4. The summed E-state index contributed by atoms with van der Waals surface area (Å²) in [6.07, 6.45) is 1.81. The smallest absolute Gasteiger partial charge is 0.137 e. The summed E-state index contributed by atoms with van der Waals surface area (Å²) in [5.74, 6) is 1.22. The molecule has 4 heteroatoms. The Morgan fingerprint density at radius 1 is 1.15 bits per heavy atom. The molecule has 1 unspecified atom stereocenters. The average Bonchev–Trinajstić information content (AvgIpc) is 2.48. The van der Waals surface area contributed by atoms with E-state index in [0.717, 1.165) is 17.7 Å². The summed E-state index contributed by atoms with van der Waals surface area (Å²) in [5.41, 5.74) is 7.59. The fraction of sp³-hybridized carbons (Fsp3) is 0.250. The highest BCUT2D eigenvalue weighted by atomic mass is 32.2. The van der Waals surface area contributed by atoms with Crippen LogP contribution in [0, 0.1) is 0 Å². The number of anilines is 1. The molecule has 0 fully saturated rings. The Kier molecular flexibility index (Phi) is 5.18. The third kappa shape index (κ3) is 3.84. The van der Waals surface area contributed by atoms with Crippen molar-refractivity contribution in [3.05, 3.63) is 54.1 Å². The van der Waals surface area contributed by atoms with Crippen molar-refractivity contribution in [1.82, 2.24) is 0 Å². The minimum absolute atomic E-state index is 0.600. The largest absolute Gasteiger partial charge is 0.495 e. The molecule has 0 radical (unpaired) electrons. The second kappa shape index (κ2) is 7.10.